The lowest BCUT2D eigenvalue weighted by molar-refractivity contribution is -0.609. The molecule has 0 radical (unpaired) electrons. The van der Waals surface area contributed by atoms with Crippen LogP contribution in [-0.2, 0) is 14.2 Å². The Labute approximate surface area is 166 Å². The second-order valence-corrected chi connectivity index (χ2v) is 8.21. The summed E-state index contributed by atoms with van der Waals surface area (Å²) < 4.78 is 17.7. The van der Waals surface area contributed by atoms with E-state index in [1.807, 2.05) is 60.7 Å². The van der Waals surface area contributed by atoms with E-state index in [-0.39, 0.29) is 6.61 Å². The van der Waals surface area contributed by atoms with E-state index in [0.717, 1.165) is 10.5 Å². The molecule has 6 atom stereocenters. The van der Waals surface area contributed by atoms with Gasteiger partial charge in [-0.25, -0.2) is 0 Å². The molecule has 28 heavy (non-hydrogen) atoms. The summed E-state index contributed by atoms with van der Waals surface area (Å²) in [5, 5.41) is 22.9. The van der Waals surface area contributed by atoms with Crippen molar-refractivity contribution in [3.63, 3.8) is 0 Å². The highest BCUT2D eigenvalue weighted by atomic mass is 32.2. The van der Waals surface area contributed by atoms with Crippen LogP contribution in [0.25, 0.3) is 0 Å². The van der Waals surface area contributed by atoms with Gasteiger partial charge in [0.05, 0.1) is 6.61 Å². The van der Waals surface area contributed by atoms with Gasteiger partial charge in [-0.15, -0.1) is 0 Å². The van der Waals surface area contributed by atoms with E-state index >= 15 is 0 Å². The maximum atomic E-state index is 12.0. The van der Waals surface area contributed by atoms with Gasteiger partial charge in [0.25, 0.3) is 5.54 Å². The Morgan fingerprint density at radius 3 is 2.39 bits per heavy atom. The Bertz CT molecular complexity index is 822. The molecule has 4 rings (SSSR count). The molecule has 0 aromatic heterocycles. The largest absolute Gasteiger partial charge is 0.382 e. The zero-order chi connectivity index (χ0) is 19.7. The zero-order valence-corrected chi connectivity index (χ0v) is 16.0. The third kappa shape index (κ3) is 3.42. The summed E-state index contributed by atoms with van der Waals surface area (Å²) in [4.78, 5) is 12.4. The van der Waals surface area contributed by atoms with Gasteiger partial charge in [-0.1, -0.05) is 60.3 Å². The van der Waals surface area contributed by atoms with E-state index in [4.69, 9.17) is 14.2 Å². The number of nitrogens with zero attached hydrogens (tertiary/aromatic N) is 1. The van der Waals surface area contributed by atoms with Gasteiger partial charge in [0.1, 0.15) is 11.5 Å². The average Bonchev–Trinajstić information content (AvgIpc) is 2.73. The molecule has 0 spiro atoms. The molecule has 1 N–H and O–H groups in total. The lowest BCUT2D eigenvalue weighted by Crippen LogP contribution is -2.70. The van der Waals surface area contributed by atoms with Crippen molar-refractivity contribution in [2.45, 2.75) is 47.4 Å². The molecule has 2 saturated heterocycles. The number of thioether (sulfide) groups is 1. The third-order valence-electron chi connectivity index (χ3n) is 5.22. The molecule has 2 aliphatic rings. The van der Waals surface area contributed by atoms with E-state index in [1.54, 1.807) is 0 Å². The van der Waals surface area contributed by atoms with Crippen molar-refractivity contribution in [3.05, 3.63) is 76.3 Å². The van der Waals surface area contributed by atoms with Gasteiger partial charge >= 0.3 is 0 Å². The minimum absolute atomic E-state index is 0.145. The van der Waals surface area contributed by atoms with Crippen LogP contribution < -0.4 is 0 Å². The fourth-order valence-corrected chi connectivity index (χ4v) is 4.75. The van der Waals surface area contributed by atoms with Gasteiger partial charge in [-0.3, -0.25) is 10.1 Å². The Hall–Kier alpha value is -1.97. The summed E-state index contributed by atoms with van der Waals surface area (Å²) >= 11 is 1.26. The number of benzene rings is 2. The van der Waals surface area contributed by atoms with Crippen LogP contribution in [0.15, 0.2) is 65.6 Å². The molecule has 7 nitrogen and oxygen atoms in total. The number of hydrogen-bond acceptors (Lipinski definition) is 7. The van der Waals surface area contributed by atoms with Crippen LogP contribution in [0.4, 0.5) is 0 Å². The van der Waals surface area contributed by atoms with Crippen molar-refractivity contribution in [2.24, 2.45) is 0 Å². The standard InChI is InChI=1S/C20H21NO6S/c1-20(21(23)24)16(22)19(28-14-10-6-3-7-11-14)26-15-12-25-18(27-17(15)20)13-8-4-2-5-9-13/h2-11,15-19,22H,12H2,1H3/t15-,16+,17-,18?,19-,20+/m0/s1. The third-order valence-corrected chi connectivity index (χ3v) is 6.37. The van der Waals surface area contributed by atoms with Crippen LogP contribution in [0.2, 0.25) is 0 Å². The van der Waals surface area contributed by atoms with E-state index in [1.165, 1.54) is 18.7 Å². The van der Waals surface area contributed by atoms with Crippen LogP contribution in [0.3, 0.4) is 0 Å². The number of nitro groups is 1. The van der Waals surface area contributed by atoms with Crippen molar-refractivity contribution < 1.29 is 24.2 Å². The zero-order valence-electron chi connectivity index (χ0n) is 15.2. The van der Waals surface area contributed by atoms with Gasteiger partial charge in [0.2, 0.25) is 0 Å². The number of aliphatic hydroxyl groups excluding tert-OH is 1. The number of aliphatic hydroxyl groups is 1. The summed E-state index contributed by atoms with van der Waals surface area (Å²) in [5.74, 6) is 0. The van der Waals surface area contributed by atoms with Crippen LogP contribution in [0.1, 0.15) is 18.8 Å². The highest BCUT2D eigenvalue weighted by molar-refractivity contribution is 7.99. The highest BCUT2D eigenvalue weighted by Crippen LogP contribution is 2.44. The molecular formula is C20H21NO6S. The molecule has 2 aliphatic heterocycles. The van der Waals surface area contributed by atoms with E-state index in [2.05, 4.69) is 0 Å². The molecule has 2 fully saturated rings. The highest BCUT2D eigenvalue weighted by Gasteiger charge is 2.65. The van der Waals surface area contributed by atoms with Crippen LogP contribution >= 0.6 is 11.8 Å². The van der Waals surface area contributed by atoms with Crippen molar-refractivity contribution >= 4 is 11.8 Å². The first-order valence-corrected chi connectivity index (χ1v) is 9.90. The summed E-state index contributed by atoms with van der Waals surface area (Å²) in [6, 6.07) is 18.6. The van der Waals surface area contributed by atoms with Crippen LogP contribution in [0, 0.1) is 10.1 Å². The van der Waals surface area contributed by atoms with Crippen LogP contribution in [-0.4, -0.2) is 45.9 Å². The molecule has 2 heterocycles. The molecule has 0 saturated carbocycles. The molecule has 0 aliphatic carbocycles. The van der Waals surface area contributed by atoms with Gasteiger partial charge in [-0.05, 0) is 12.1 Å². The average molecular weight is 403 g/mol. The van der Waals surface area contributed by atoms with Gasteiger partial charge in [-0.2, -0.15) is 0 Å². The molecule has 0 amide bonds. The second kappa shape index (κ2) is 7.81. The first-order chi connectivity index (χ1) is 13.5. The van der Waals surface area contributed by atoms with E-state index < -0.39 is 40.5 Å². The maximum Gasteiger partial charge on any atom is 0.276 e. The Morgan fingerprint density at radius 1 is 1.11 bits per heavy atom. The molecule has 8 heteroatoms. The molecule has 0 bridgehead atoms. The van der Waals surface area contributed by atoms with E-state index in [0.29, 0.717) is 0 Å². The van der Waals surface area contributed by atoms with E-state index in [9.17, 15) is 15.2 Å². The molecule has 1 unspecified atom stereocenters. The number of hydrogen-bond donors (Lipinski definition) is 1. The monoisotopic (exact) mass is 403 g/mol. The number of ether oxygens (including phenoxy) is 3. The number of fused-ring (bicyclic) bond motifs is 1. The Kier molecular flexibility index (Phi) is 5.39. The maximum absolute atomic E-state index is 12.0. The van der Waals surface area contributed by atoms with Crippen molar-refractivity contribution in [1.29, 1.82) is 0 Å². The first kappa shape index (κ1) is 19.4. The van der Waals surface area contributed by atoms with Gasteiger partial charge < -0.3 is 19.3 Å². The Morgan fingerprint density at radius 2 is 1.75 bits per heavy atom. The summed E-state index contributed by atoms with van der Waals surface area (Å²) in [6.45, 7) is 1.57. The summed E-state index contributed by atoms with van der Waals surface area (Å²) in [5.41, 5.74) is -1.77. The SMILES string of the molecule is C[C@@]1([N+](=O)[O-])[C@H](O)[C@H](Sc2ccccc2)O[C@H]2COC(c3ccccc3)O[C@@H]21. The van der Waals surface area contributed by atoms with Crippen LogP contribution in [0.5, 0.6) is 0 Å². The fraction of sp³-hybridized carbons (Fsp3) is 0.400. The summed E-state index contributed by atoms with van der Waals surface area (Å²) in [7, 11) is 0. The first-order valence-electron chi connectivity index (χ1n) is 9.02. The van der Waals surface area contributed by atoms with Crippen molar-refractivity contribution in [3.8, 4) is 0 Å². The van der Waals surface area contributed by atoms with Gasteiger partial charge in [0, 0.05) is 22.3 Å². The van der Waals surface area contributed by atoms with Crippen molar-refractivity contribution in [1.82, 2.24) is 0 Å². The quantitative estimate of drug-likeness (QED) is 0.620. The summed E-state index contributed by atoms with van der Waals surface area (Å²) in [6.07, 6.45) is -3.69. The normalized spacial score (nSPS) is 35.1. The van der Waals surface area contributed by atoms with Gasteiger partial charge in [0.15, 0.2) is 18.5 Å². The number of rotatable bonds is 4. The molecule has 148 valence electrons. The minimum atomic E-state index is -1.73. The lowest BCUT2D eigenvalue weighted by Gasteiger charge is -2.48. The minimum Gasteiger partial charge on any atom is -0.382 e. The fourth-order valence-electron chi connectivity index (χ4n) is 3.57. The molecule has 2 aromatic carbocycles. The lowest BCUT2D eigenvalue weighted by atomic mass is 9.83. The van der Waals surface area contributed by atoms with Crippen molar-refractivity contribution in [2.75, 3.05) is 6.61 Å². The predicted octanol–water partition coefficient (Wildman–Crippen LogP) is 3.01. The predicted molar refractivity (Wildman–Crippen MR) is 102 cm³/mol. The second-order valence-electron chi connectivity index (χ2n) is 7.03. The molecular weight excluding hydrogens is 382 g/mol. The topological polar surface area (TPSA) is 91.1 Å². The smallest absolute Gasteiger partial charge is 0.276 e. The molecule has 2 aromatic rings. The Balaban J connectivity index is 1.60.